The molecule has 2 N–H and O–H groups in total. The summed E-state index contributed by atoms with van der Waals surface area (Å²) in [5, 5.41) is 13.9. The lowest BCUT2D eigenvalue weighted by Gasteiger charge is -2.07. The normalized spacial score (nSPS) is 12.6. The Morgan fingerprint density at radius 1 is 1.30 bits per heavy atom. The maximum absolute atomic E-state index is 9.48. The molecule has 20 heavy (non-hydrogen) atoms. The van der Waals surface area contributed by atoms with E-state index in [1.54, 1.807) is 11.3 Å². The summed E-state index contributed by atoms with van der Waals surface area (Å²) in [5.41, 5.74) is 2.44. The van der Waals surface area contributed by atoms with Crippen molar-refractivity contribution in [3.05, 3.63) is 40.9 Å². The van der Waals surface area contributed by atoms with Gasteiger partial charge in [-0.05, 0) is 26.3 Å². The number of aliphatic hydroxyl groups excluding tert-OH is 1. The number of aromatic nitrogens is 1. The number of thiazole rings is 1. The van der Waals surface area contributed by atoms with Crippen molar-refractivity contribution in [2.24, 2.45) is 0 Å². The number of rotatable bonds is 7. The van der Waals surface area contributed by atoms with Crippen LogP contribution in [0.5, 0.6) is 0 Å². The Hall–Kier alpha value is -1.23. The van der Waals surface area contributed by atoms with Crippen LogP contribution in [0.2, 0.25) is 0 Å². The second-order valence-corrected chi connectivity index (χ2v) is 6.14. The molecule has 0 saturated heterocycles. The fourth-order valence-corrected chi connectivity index (χ4v) is 2.79. The predicted octanol–water partition coefficient (Wildman–Crippen LogP) is 3.37. The number of nitrogens with zero attached hydrogens (tertiary/aromatic N) is 1. The highest BCUT2D eigenvalue weighted by Gasteiger charge is 2.05. The van der Waals surface area contributed by atoms with Gasteiger partial charge < -0.3 is 10.4 Å². The molecule has 1 aromatic carbocycles. The van der Waals surface area contributed by atoms with E-state index in [2.05, 4.69) is 41.5 Å². The monoisotopic (exact) mass is 290 g/mol. The zero-order chi connectivity index (χ0) is 14.4. The van der Waals surface area contributed by atoms with E-state index in [1.165, 1.54) is 16.0 Å². The summed E-state index contributed by atoms with van der Waals surface area (Å²) in [5.74, 6) is 0. The molecule has 0 amide bonds. The van der Waals surface area contributed by atoms with Crippen molar-refractivity contribution < 1.29 is 5.11 Å². The van der Waals surface area contributed by atoms with Crippen LogP contribution in [0.25, 0.3) is 10.6 Å². The van der Waals surface area contributed by atoms with Crippen molar-refractivity contribution in [2.45, 2.75) is 39.3 Å². The number of hydrogen-bond acceptors (Lipinski definition) is 4. The summed E-state index contributed by atoms with van der Waals surface area (Å²) in [6.07, 6.45) is 3.37. The first-order valence-corrected chi connectivity index (χ1v) is 7.91. The molecular formula is C16H22N2OS. The minimum absolute atomic E-state index is 0.188. The van der Waals surface area contributed by atoms with E-state index in [-0.39, 0.29) is 6.10 Å². The predicted molar refractivity (Wildman–Crippen MR) is 84.9 cm³/mol. The largest absolute Gasteiger partial charge is 0.393 e. The van der Waals surface area contributed by atoms with Gasteiger partial charge in [0.25, 0.3) is 0 Å². The molecule has 0 bridgehead atoms. The summed E-state index contributed by atoms with van der Waals surface area (Å²) >= 11 is 1.72. The average molecular weight is 290 g/mol. The van der Waals surface area contributed by atoms with E-state index in [4.69, 9.17) is 0 Å². The van der Waals surface area contributed by atoms with Crippen LogP contribution < -0.4 is 5.32 Å². The molecule has 4 heteroatoms. The summed E-state index contributed by atoms with van der Waals surface area (Å²) < 4.78 is 0. The Kier molecular flexibility index (Phi) is 5.71. The molecule has 0 aliphatic carbocycles. The minimum Gasteiger partial charge on any atom is -0.393 e. The van der Waals surface area contributed by atoms with Gasteiger partial charge in [0.2, 0.25) is 0 Å². The highest BCUT2D eigenvalue weighted by atomic mass is 32.1. The molecule has 0 aliphatic rings. The maximum atomic E-state index is 9.48. The van der Waals surface area contributed by atoms with Crippen molar-refractivity contribution in [1.82, 2.24) is 10.3 Å². The van der Waals surface area contributed by atoms with Gasteiger partial charge in [-0.1, -0.05) is 36.8 Å². The topological polar surface area (TPSA) is 45.1 Å². The van der Waals surface area contributed by atoms with E-state index in [9.17, 15) is 5.11 Å². The van der Waals surface area contributed by atoms with Gasteiger partial charge >= 0.3 is 0 Å². The van der Waals surface area contributed by atoms with E-state index in [1.807, 2.05) is 13.1 Å². The van der Waals surface area contributed by atoms with Crippen LogP contribution in [0.4, 0.5) is 0 Å². The first kappa shape index (κ1) is 15.2. The van der Waals surface area contributed by atoms with Gasteiger partial charge in [0.15, 0.2) is 0 Å². The van der Waals surface area contributed by atoms with Gasteiger partial charge in [0, 0.05) is 23.2 Å². The second-order valence-electron chi connectivity index (χ2n) is 5.03. The fraction of sp³-hybridized carbons (Fsp3) is 0.438. The third kappa shape index (κ3) is 4.40. The molecule has 2 aromatic rings. The van der Waals surface area contributed by atoms with E-state index >= 15 is 0 Å². The van der Waals surface area contributed by atoms with E-state index in [0.717, 1.165) is 30.9 Å². The van der Waals surface area contributed by atoms with Gasteiger partial charge in [0.05, 0.1) is 6.10 Å². The van der Waals surface area contributed by atoms with Crippen molar-refractivity contribution in [2.75, 3.05) is 6.54 Å². The molecule has 1 aromatic heterocycles. The molecule has 0 aliphatic heterocycles. The molecule has 1 unspecified atom stereocenters. The highest BCUT2D eigenvalue weighted by Crippen LogP contribution is 2.25. The average Bonchev–Trinajstić information content (AvgIpc) is 2.93. The number of aryl methyl sites for hydroxylation is 1. The molecule has 108 valence electrons. The fourth-order valence-electron chi connectivity index (χ4n) is 1.90. The number of aliphatic hydroxyl groups is 1. The summed E-state index contributed by atoms with van der Waals surface area (Å²) in [4.78, 5) is 5.70. The standard InChI is InChI=1S/C16H22N2OS/c1-3-14(19)8-9-17-10-15-11-18-16(20-15)13-6-4-12(2)5-7-13/h4-7,11,14,17,19H,3,8-10H2,1-2H3. The van der Waals surface area contributed by atoms with Crippen LogP contribution in [0.3, 0.4) is 0 Å². The van der Waals surface area contributed by atoms with Gasteiger partial charge in [-0.2, -0.15) is 0 Å². The van der Waals surface area contributed by atoms with Crippen LogP contribution in [0, 0.1) is 6.92 Å². The van der Waals surface area contributed by atoms with E-state index in [0.29, 0.717) is 0 Å². The molecule has 2 rings (SSSR count). The second kappa shape index (κ2) is 7.53. The van der Waals surface area contributed by atoms with Crippen LogP contribution in [0.15, 0.2) is 30.5 Å². The van der Waals surface area contributed by atoms with Gasteiger partial charge in [-0.25, -0.2) is 4.98 Å². The van der Waals surface area contributed by atoms with Gasteiger partial charge in [0.1, 0.15) is 5.01 Å². The Morgan fingerprint density at radius 2 is 2.05 bits per heavy atom. The van der Waals surface area contributed by atoms with Gasteiger partial charge in [-0.15, -0.1) is 11.3 Å². The molecule has 0 radical (unpaired) electrons. The molecule has 0 saturated carbocycles. The first-order chi connectivity index (χ1) is 9.69. The first-order valence-electron chi connectivity index (χ1n) is 7.09. The van der Waals surface area contributed by atoms with Crippen molar-refractivity contribution in [1.29, 1.82) is 0 Å². The smallest absolute Gasteiger partial charge is 0.123 e. The van der Waals surface area contributed by atoms with Crippen LogP contribution in [-0.2, 0) is 6.54 Å². The molecule has 0 fully saturated rings. The lowest BCUT2D eigenvalue weighted by molar-refractivity contribution is 0.160. The zero-order valence-electron chi connectivity index (χ0n) is 12.1. The van der Waals surface area contributed by atoms with Crippen molar-refractivity contribution in [3.63, 3.8) is 0 Å². The number of benzene rings is 1. The van der Waals surface area contributed by atoms with Crippen LogP contribution in [-0.4, -0.2) is 22.7 Å². The summed E-state index contributed by atoms with van der Waals surface area (Å²) in [6, 6.07) is 8.45. The Balaban J connectivity index is 1.85. The third-order valence-corrected chi connectivity index (χ3v) is 4.32. The number of nitrogens with one attached hydrogen (secondary N) is 1. The SMILES string of the molecule is CCC(O)CCNCc1cnc(-c2ccc(C)cc2)s1. The molecule has 1 heterocycles. The minimum atomic E-state index is -0.188. The summed E-state index contributed by atoms with van der Waals surface area (Å²) in [6.45, 7) is 5.75. The van der Waals surface area contributed by atoms with Crippen LogP contribution >= 0.6 is 11.3 Å². The van der Waals surface area contributed by atoms with Crippen molar-refractivity contribution in [3.8, 4) is 10.6 Å². The van der Waals surface area contributed by atoms with Gasteiger partial charge in [-0.3, -0.25) is 0 Å². The Bertz CT molecular complexity index is 522. The maximum Gasteiger partial charge on any atom is 0.123 e. The quantitative estimate of drug-likeness (QED) is 0.769. The Morgan fingerprint density at radius 3 is 2.75 bits per heavy atom. The zero-order valence-corrected chi connectivity index (χ0v) is 12.9. The molecule has 3 nitrogen and oxygen atoms in total. The lowest BCUT2D eigenvalue weighted by atomic mass is 10.2. The summed E-state index contributed by atoms with van der Waals surface area (Å²) in [7, 11) is 0. The molecular weight excluding hydrogens is 268 g/mol. The van der Waals surface area contributed by atoms with E-state index < -0.39 is 0 Å². The lowest BCUT2D eigenvalue weighted by Crippen LogP contribution is -2.19. The van der Waals surface area contributed by atoms with Crippen molar-refractivity contribution >= 4 is 11.3 Å². The number of hydrogen-bond donors (Lipinski definition) is 2. The molecule has 0 spiro atoms. The Labute approximate surface area is 124 Å². The molecule has 1 atom stereocenters. The third-order valence-electron chi connectivity index (χ3n) is 3.28. The highest BCUT2D eigenvalue weighted by molar-refractivity contribution is 7.15. The van der Waals surface area contributed by atoms with Crippen LogP contribution in [0.1, 0.15) is 30.2 Å².